The second-order valence-electron chi connectivity index (χ2n) is 6.01. The van der Waals surface area contributed by atoms with Crippen molar-refractivity contribution in [2.45, 2.75) is 11.0 Å². The summed E-state index contributed by atoms with van der Waals surface area (Å²) < 4.78 is 129. The number of carbonyl (C=O) groups is 2. The smallest absolute Gasteiger partial charge is 0.376 e. The van der Waals surface area contributed by atoms with Crippen molar-refractivity contribution in [2.75, 3.05) is 0 Å². The molecule has 0 aliphatic heterocycles. The minimum Gasteiger partial charge on any atom is -0.376 e. The van der Waals surface area contributed by atoms with Crippen molar-refractivity contribution in [3.8, 4) is 11.5 Å². The van der Waals surface area contributed by atoms with Crippen LogP contribution in [0.15, 0.2) is 36.4 Å². The van der Waals surface area contributed by atoms with Crippen molar-refractivity contribution in [2.24, 2.45) is 0 Å². The molecular formula is C16H6F6O8S2. The highest BCUT2D eigenvalue weighted by atomic mass is 32.2. The average molecular weight is 504 g/mol. The molecule has 3 rings (SSSR count). The van der Waals surface area contributed by atoms with Gasteiger partial charge in [-0.3, -0.25) is 9.59 Å². The van der Waals surface area contributed by atoms with Crippen molar-refractivity contribution >= 4 is 31.8 Å². The van der Waals surface area contributed by atoms with Crippen molar-refractivity contribution in [3.63, 3.8) is 0 Å². The molecule has 0 heterocycles. The van der Waals surface area contributed by atoms with Gasteiger partial charge in [0.05, 0.1) is 5.56 Å². The van der Waals surface area contributed by atoms with E-state index in [0.29, 0.717) is 6.07 Å². The highest BCUT2D eigenvalue weighted by Crippen LogP contribution is 2.40. The molecule has 0 saturated heterocycles. The molecule has 32 heavy (non-hydrogen) atoms. The second-order valence-corrected chi connectivity index (χ2v) is 9.09. The Bertz CT molecular complexity index is 1360. The molecule has 0 bridgehead atoms. The quantitative estimate of drug-likeness (QED) is 0.302. The predicted octanol–water partition coefficient (Wildman–Crippen LogP) is 2.92. The summed E-state index contributed by atoms with van der Waals surface area (Å²) in [7, 11) is -12.9. The van der Waals surface area contributed by atoms with Crippen LogP contribution in [0.5, 0.6) is 11.5 Å². The summed E-state index contributed by atoms with van der Waals surface area (Å²) in [6, 6.07) is 5.08. The van der Waals surface area contributed by atoms with Gasteiger partial charge in [-0.1, -0.05) is 24.3 Å². The van der Waals surface area contributed by atoms with E-state index in [9.17, 15) is 52.8 Å². The Morgan fingerprint density at radius 1 is 0.656 bits per heavy atom. The normalized spacial score (nSPS) is 14.6. The zero-order chi connectivity index (χ0) is 24.3. The average Bonchev–Trinajstić information content (AvgIpc) is 2.63. The third-order valence-electron chi connectivity index (χ3n) is 3.94. The molecular weight excluding hydrogens is 498 g/mol. The van der Waals surface area contributed by atoms with Gasteiger partial charge in [0, 0.05) is 22.8 Å². The van der Waals surface area contributed by atoms with Gasteiger partial charge >= 0.3 is 31.3 Å². The molecule has 0 aromatic heterocycles. The van der Waals surface area contributed by atoms with E-state index in [1.807, 2.05) is 0 Å². The number of fused-ring (bicyclic) bond motifs is 2. The number of halogens is 6. The van der Waals surface area contributed by atoms with Crippen molar-refractivity contribution < 1.29 is 61.1 Å². The van der Waals surface area contributed by atoms with Gasteiger partial charge in [0.1, 0.15) is 5.75 Å². The molecule has 0 amide bonds. The summed E-state index contributed by atoms with van der Waals surface area (Å²) in [4.78, 5) is 25.4. The monoisotopic (exact) mass is 504 g/mol. The lowest BCUT2D eigenvalue weighted by atomic mass is 9.83. The summed E-state index contributed by atoms with van der Waals surface area (Å²) in [5, 5.41) is 0. The van der Waals surface area contributed by atoms with Crippen molar-refractivity contribution in [1.29, 1.82) is 0 Å². The van der Waals surface area contributed by atoms with Crippen LogP contribution in [0.1, 0.15) is 31.8 Å². The van der Waals surface area contributed by atoms with Crippen LogP contribution < -0.4 is 8.37 Å². The minimum absolute atomic E-state index is 0.00449. The van der Waals surface area contributed by atoms with E-state index in [1.54, 1.807) is 0 Å². The molecule has 0 radical (unpaired) electrons. The SMILES string of the molecule is O=C1c2ccccc2C(=O)c2c(OS(=O)(=O)C(F)(F)F)cc(OS(=O)(=O)C(F)(F)F)cc21. The number of benzene rings is 2. The topological polar surface area (TPSA) is 121 Å². The Hall–Kier alpha value is -3.14. The zero-order valence-corrected chi connectivity index (χ0v) is 16.4. The van der Waals surface area contributed by atoms with Crippen LogP contribution in [0.2, 0.25) is 0 Å². The van der Waals surface area contributed by atoms with Gasteiger partial charge in [-0.2, -0.15) is 43.2 Å². The first-order valence-corrected chi connectivity index (χ1v) is 10.7. The Morgan fingerprint density at radius 3 is 1.62 bits per heavy atom. The van der Waals surface area contributed by atoms with Crippen LogP contribution >= 0.6 is 0 Å². The van der Waals surface area contributed by atoms with Crippen molar-refractivity contribution in [1.82, 2.24) is 0 Å². The molecule has 8 nitrogen and oxygen atoms in total. The van der Waals surface area contributed by atoms with Crippen LogP contribution in [0.3, 0.4) is 0 Å². The number of hydrogen-bond donors (Lipinski definition) is 0. The molecule has 1 aliphatic rings. The van der Waals surface area contributed by atoms with Crippen molar-refractivity contribution in [3.05, 3.63) is 58.7 Å². The van der Waals surface area contributed by atoms with Gasteiger partial charge in [-0.05, 0) is 6.07 Å². The number of rotatable bonds is 4. The molecule has 0 unspecified atom stereocenters. The highest BCUT2D eigenvalue weighted by Gasteiger charge is 2.51. The largest absolute Gasteiger partial charge is 0.534 e. The van der Waals surface area contributed by atoms with Gasteiger partial charge in [0.25, 0.3) is 0 Å². The van der Waals surface area contributed by atoms with Crippen LogP contribution in [0.25, 0.3) is 0 Å². The molecule has 172 valence electrons. The van der Waals surface area contributed by atoms with Gasteiger partial charge in [-0.15, -0.1) is 0 Å². The highest BCUT2D eigenvalue weighted by molar-refractivity contribution is 7.88. The lowest BCUT2D eigenvalue weighted by Crippen LogP contribution is -2.30. The summed E-state index contributed by atoms with van der Waals surface area (Å²) >= 11 is 0. The van der Waals surface area contributed by atoms with Gasteiger partial charge < -0.3 is 8.37 Å². The van der Waals surface area contributed by atoms with Crippen LogP contribution in [-0.4, -0.2) is 39.4 Å². The first kappa shape index (κ1) is 23.5. The summed E-state index contributed by atoms with van der Waals surface area (Å²) in [6.45, 7) is 0. The predicted molar refractivity (Wildman–Crippen MR) is 91.0 cm³/mol. The number of ketones is 2. The molecule has 0 N–H and O–H groups in total. The fourth-order valence-corrected chi connectivity index (χ4v) is 3.52. The third-order valence-corrected chi connectivity index (χ3v) is 5.88. The molecule has 16 heteroatoms. The van der Waals surface area contributed by atoms with E-state index in [0.717, 1.165) is 12.1 Å². The number of hydrogen-bond acceptors (Lipinski definition) is 8. The van der Waals surface area contributed by atoms with Gasteiger partial charge in [0.2, 0.25) is 0 Å². The molecule has 0 saturated carbocycles. The maximum absolute atomic E-state index is 12.8. The third kappa shape index (κ3) is 3.90. The molecule has 0 spiro atoms. The summed E-state index contributed by atoms with van der Waals surface area (Å²) in [5.41, 5.74) is -14.7. The fraction of sp³-hybridized carbons (Fsp3) is 0.125. The van der Waals surface area contributed by atoms with Crippen LogP contribution in [0.4, 0.5) is 26.3 Å². The standard InChI is InChI=1S/C16H6F6O8S2/c17-15(18,19)31(25,26)29-7-5-10-12(11(6-7)30-32(27,28)16(20,21)22)14(24)9-4-2-1-3-8(9)13(10)23/h1-6H. The lowest BCUT2D eigenvalue weighted by molar-refractivity contribution is -0.0502. The number of carbonyl (C=O) groups excluding carboxylic acids is 2. The van der Waals surface area contributed by atoms with Crippen LogP contribution in [0, 0.1) is 0 Å². The Kier molecular flexibility index (Phi) is 5.29. The van der Waals surface area contributed by atoms with Crippen LogP contribution in [-0.2, 0) is 20.2 Å². The maximum atomic E-state index is 12.8. The fourth-order valence-electron chi connectivity index (χ4n) is 2.62. The first-order chi connectivity index (χ1) is 14.5. The van der Waals surface area contributed by atoms with E-state index in [-0.39, 0.29) is 17.2 Å². The molecule has 2 aromatic rings. The van der Waals surface area contributed by atoms with E-state index < -0.39 is 65.4 Å². The molecule has 1 aliphatic carbocycles. The van der Waals surface area contributed by atoms with E-state index >= 15 is 0 Å². The lowest BCUT2D eigenvalue weighted by Gasteiger charge is -2.21. The van der Waals surface area contributed by atoms with E-state index in [1.165, 1.54) is 12.1 Å². The molecule has 2 aromatic carbocycles. The molecule has 0 atom stereocenters. The van der Waals surface area contributed by atoms with E-state index in [2.05, 4.69) is 8.37 Å². The minimum atomic E-state index is -6.48. The second kappa shape index (κ2) is 7.19. The van der Waals surface area contributed by atoms with E-state index in [4.69, 9.17) is 0 Å². The Balaban J connectivity index is 2.28. The van der Waals surface area contributed by atoms with Gasteiger partial charge in [0.15, 0.2) is 17.3 Å². The maximum Gasteiger partial charge on any atom is 0.534 e. The number of alkyl halides is 6. The molecule has 0 fully saturated rings. The Labute approximate surface area is 174 Å². The summed E-state index contributed by atoms with van der Waals surface area (Å²) in [6.07, 6.45) is 0. The van der Waals surface area contributed by atoms with Gasteiger partial charge in [-0.25, -0.2) is 0 Å². The first-order valence-electron chi connectivity index (χ1n) is 7.84. The zero-order valence-electron chi connectivity index (χ0n) is 14.8. The Morgan fingerprint density at radius 2 is 1.12 bits per heavy atom. The summed E-state index contributed by atoms with van der Waals surface area (Å²) in [5.74, 6) is -5.32.